The summed E-state index contributed by atoms with van der Waals surface area (Å²) < 4.78 is 26.4. The molecule has 0 unspecified atom stereocenters. The Labute approximate surface area is 46.6 Å². The fourth-order valence-electron chi connectivity index (χ4n) is 0.0911. The zero-order valence-corrected chi connectivity index (χ0v) is 4.92. The van der Waals surface area contributed by atoms with Crippen molar-refractivity contribution < 1.29 is 12.6 Å². The first kappa shape index (κ1) is 7.31. The number of hydrogen-bond acceptors (Lipinski definition) is 4. The molecule has 2 N–H and O–H groups in total. The average molecular weight is 139 g/mol. The van der Waals surface area contributed by atoms with Crippen LogP contribution >= 0.6 is 0 Å². The van der Waals surface area contributed by atoms with Gasteiger partial charge in [0.05, 0.1) is 7.11 Å². The van der Waals surface area contributed by atoms with Gasteiger partial charge in [0.15, 0.2) is 0 Å². The monoisotopic (exact) mass is 139 g/mol. The molecule has 0 aromatic rings. The lowest BCUT2D eigenvalue weighted by atomic mass is 11.8. The van der Waals surface area contributed by atoms with E-state index in [1.165, 1.54) is 0 Å². The van der Waals surface area contributed by atoms with E-state index < -0.39 is 10.3 Å². The first-order valence-corrected chi connectivity index (χ1v) is 2.91. The van der Waals surface area contributed by atoms with Crippen LogP contribution in [0.25, 0.3) is 0 Å². The van der Waals surface area contributed by atoms with Gasteiger partial charge in [-0.1, -0.05) is 5.22 Å². The van der Waals surface area contributed by atoms with E-state index in [0.29, 0.717) is 0 Å². The summed E-state index contributed by atoms with van der Waals surface area (Å²) in [7, 11) is -2.87. The summed E-state index contributed by atoms with van der Waals surface area (Å²) in [5.41, 5.74) is 0. The molecular weight excluding hydrogens is 134 g/mol. The Morgan fingerprint density at radius 1 is 1.62 bits per heavy atom. The lowest BCUT2D eigenvalue weighted by Crippen LogP contribution is -1.96. The van der Waals surface area contributed by atoms with Crippen LogP contribution in [0.15, 0.2) is 9.74 Å². The normalized spacial score (nSPS) is 12.6. The van der Waals surface area contributed by atoms with Crippen LogP contribution in [0.4, 0.5) is 0 Å². The summed E-state index contributed by atoms with van der Waals surface area (Å²) >= 11 is 0. The quantitative estimate of drug-likeness (QED) is 0.308. The second-order valence-electron chi connectivity index (χ2n) is 0.792. The van der Waals surface area contributed by atoms with E-state index in [0.717, 1.165) is 7.11 Å². The van der Waals surface area contributed by atoms with Gasteiger partial charge in [-0.2, -0.15) is 8.42 Å². The lowest BCUT2D eigenvalue weighted by Gasteiger charge is -1.85. The Morgan fingerprint density at radius 2 is 2.12 bits per heavy atom. The van der Waals surface area contributed by atoms with Crippen molar-refractivity contribution in [2.24, 2.45) is 15.6 Å². The molecule has 0 aromatic carbocycles. The Hall–Kier alpha value is -0.690. The van der Waals surface area contributed by atoms with Crippen LogP contribution in [0.5, 0.6) is 0 Å². The van der Waals surface area contributed by atoms with Gasteiger partial charge in [0.2, 0.25) is 0 Å². The number of hydrogen-bond donors (Lipinski definition) is 1. The van der Waals surface area contributed by atoms with Crippen LogP contribution < -0.4 is 5.84 Å². The molecule has 48 valence electrons. The Bertz CT molecular complexity index is 169. The van der Waals surface area contributed by atoms with Crippen molar-refractivity contribution in [1.29, 1.82) is 0 Å². The van der Waals surface area contributed by atoms with Gasteiger partial charge in [-0.05, 0) is 4.52 Å². The van der Waals surface area contributed by atoms with Crippen molar-refractivity contribution in [2.75, 3.05) is 7.11 Å². The van der Waals surface area contributed by atoms with Crippen LogP contribution in [0.1, 0.15) is 0 Å². The van der Waals surface area contributed by atoms with Crippen LogP contribution in [0, 0.1) is 0 Å². The molecule has 0 spiro atoms. The van der Waals surface area contributed by atoms with E-state index in [4.69, 9.17) is 0 Å². The number of rotatable bonds is 2. The van der Waals surface area contributed by atoms with E-state index >= 15 is 0 Å². The summed E-state index contributed by atoms with van der Waals surface area (Å²) in [6, 6.07) is 0. The van der Waals surface area contributed by atoms with Crippen molar-refractivity contribution in [3.63, 3.8) is 0 Å². The van der Waals surface area contributed by atoms with E-state index in [1.54, 1.807) is 0 Å². The van der Waals surface area contributed by atoms with Crippen molar-refractivity contribution >= 4 is 10.3 Å². The topological polar surface area (TPSA) is 94.1 Å². The first-order valence-electron chi connectivity index (χ1n) is 1.55. The van der Waals surface area contributed by atoms with Gasteiger partial charge in [-0.25, -0.2) is 0 Å². The number of nitrogens with two attached hydrogens (primary N) is 1. The molecule has 0 saturated carbocycles. The molecule has 8 heavy (non-hydrogen) atoms. The SMILES string of the molecule is COS(=O)(=O)N=NN. The molecule has 0 amide bonds. The fourth-order valence-corrected chi connectivity index (χ4v) is 0.273. The molecule has 0 heterocycles. The van der Waals surface area contributed by atoms with Crippen LogP contribution in [0.3, 0.4) is 0 Å². The van der Waals surface area contributed by atoms with Crippen molar-refractivity contribution in [3.8, 4) is 0 Å². The third-order valence-electron chi connectivity index (χ3n) is 0.358. The molecule has 0 rings (SSSR count). The maximum Gasteiger partial charge on any atom is 0.399 e. The summed E-state index contributed by atoms with van der Waals surface area (Å²) in [5.74, 6) is 4.39. The molecule has 0 saturated heterocycles. The van der Waals surface area contributed by atoms with Crippen molar-refractivity contribution in [3.05, 3.63) is 0 Å². The number of nitrogens with zero attached hydrogens (tertiary/aromatic N) is 2. The van der Waals surface area contributed by atoms with Gasteiger partial charge >= 0.3 is 10.3 Å². The molecule has 6 nitrogen and oxygen atoms in total. The molecule has 7 heteroatoms. The smallest absolute Gasteiger partial charge is 0.304 e. The van der Waals surface area contributed by atoms with Crippen molar-refractivity contribution in [2.45, 2.75) is 0 Å². The highest BCUT2D eigenvalue weighted by Crippen LogP contribution is 1.88. The Morgan fingerprint density at radius 3 is 2.25 bits per heavy atom. The van der Waals surface area contributed by atoms with Gasteiger partial charge in [-0.15, -0.1) is 0 Å². The van der Waals surface area contributed by atoms with E-state index in [9.17, 15) is 8.42 Å². The standard InChI is InChI=1S/CH5N3O3S/c1-7-8(5,6)4-3-2/h1H3,(H2,2,4). The summed E-state index contributed by atoms with van der Waals surface area (Å²) in [6.45, 7) is 0. The van der Waals surface area contributed by atoms with E-state index in [1.807, 2.05) is 0 Å². The van der Waals surface area contributed by atoms with Crippen LogP contribution in [-0.4, -0.2) is 15.5 Å². The first-order chi connectivity index (χ1) is 3.62. The summed E-state index contributed by atoms with van der Waals surface area (Å²) in [5, 5.41) is 2.49. The molecule has 0 radical (unpaired) electrons. The molecule has 0 aliphatic heterocycles. The predicted molar refractivity (Wildman–Crippen MR) is 25.0 cm³/mol. The maximum atomic E-state index is 10.0. The van der Waals surface area contributed by atoms with Gasteiger partial charge in [0, 0.05) is 0 Å². The summed E-state index contributed by atoms with van der Waals surface area (Å²) in [4.78, 5) is 0. The predicted octanol–water partition coefficient (Wildman–Crippen LogP) is -0.796. The minimum atomic E-state index is -3.84. The zero-order valence-electron chi connectivity index (χ0n) is 4.10. The van der Waals surface area contributed by atoms with Gasteiger partial charge in [-0.3, -0.25) is 4.18 Å². The second-order valence-corrected chi connectivity index (χ2v) is 2.14. The maximum absolute atomic E-state index is 10.0. The van der Waals surface area contributed by atoms with Gasteiger partial charge < -0.3 is 5.84 Å². The molecule has 0 aliphatic rings. The second kappa shape index (κ2) is 2.58. The third kappa shape index (κ3) is 2.48. The largest absolute Gasteiger partial charge is 0.399 e. The zero-order chi connectivity index (χ0) is 6.62. The van der Waals surface area contributed by atoms with Crippen LogP contribution in [0.2, 0.25) is 0 Å². The molecule has 0 atom stereocenters. The highest BCUT2D eigenvalue weighted by molar-refractivity contribution is 7.85. The molecule has 0 fully saturated rings. The highest BCUT2D eigenvalue weighted by Gasteiger charge is 2.01. The molecule has 0 bridgehead atoms. The fraction of sp³-hybridized carbons (Fsp3) is 1.00. The van der Waals surface area contributed by atoms with E-state index in [-0.39, 0.29) is 0 Å². The molecular formula is CH5N3O3S. The van der Waals surface area contributed by atoms with Gasteiger partial charge in [0.25, 0.3) is 0 Å². The Balaban J connectivity index is 4.17. The minimum Gasteiger partial charge on any atom is -0.304 e. The minimum absolute atomic E-state index is 0.962. The highest BCUT2D eigenvalue weighted by atomic mass is 32.2. The Kier molecular flexibility index (Phi) is 2.35. The van der Waals surface area contributed by atoms with Crippen molar-refractivity contribution in [1.82, 2.24) is 0 Å². The average Bonchev–Trinajstić information content (AvgIpc) is 1.67. The van der Waals surface area contributed by atoms with E-state index in [2.05, 4.69) is 19.8 Å². The molecule has 0 aliphatic carbocycles. The third-order valence-corrected chi connectivity index (χ3v) is 1.07. The molecule has 0 aromatic heterocycles. The lowest BCUT2D eigenvalue weighted by molar-refractivity contribution is 0.397. The summed E-state index contributed by atoms with van der Waals surface area (Å²) in [6.07, 6.45) is 0. The van der Waals surface area contributed by atoms with Gasteiger partial charge in [0.1, 0.15) is 0 Å². The van der Waals surface area contributed by atoms with Crippen LogP contribution in [-0.2, 0) is 14.5 Å².